The summed E-state index contributed by atoms with van der Waals surface area (Å²) in [5, 5.41) is 11.3. The maximum atomic E-state index is 11.5. The van der Waals surface area contributed by atoms with E-state index in [0.29, 0.717) is 12.8 Å². The Kier molecular flexibility index (Phi) is 1.71. The van der Waals surface area contributed by atoms with Gasteiger partial charge in [0.05, 0.1) is 12.0 Å². The molecule has 72 valence electrons. The van der Waals surface area contributed by atoms with Crippen molar-refractivity contribution >= 4 is 11.8 Å². The molecule has 2 aliphatic rings. The number of nitrogens with zero attached hydrogens (tertiary/aromatic N) is 1. The van der Waals surface area contributed by atoms with Crippen molar-refractivity contribution in [1.29, 1.82) is 5.26 Å². The lowest BCUT2D eigenvalue weighted by atomic mass is 9.69. The van der Waals surface area contributed by atoms with Gasteiger partial charge in [-0.25, -0.2) is 0 Å². The van der Waals surface area contributed by atoms with Gasteiger partial charge in [0.25, 0.3) is 0 Å². The summed E-state index contributed by atoms with van der Waals surface area (Å²) in [5.41, 5.74) is -0.0536. The van der Waals surface area contributed by atoms with Crippen LogP contribution in [-0.2, 0) is 9.59 Å². The molecule has 0 spiro atoms. The molecule has 1 saturated heterocycles. The number of amides is 2. The van der Waals surface area contributed by atoms with Gasteiger partial charge >= 0.3 is 0 Å². The van der Waals surface area contributed by atoms with Crippen LogP contribution in [0, 0.1) is 22.7 Å². The highest BCUT2D eigenvalue weighted by Crippen LogP contribution is 2.43. The van der Waals surface area contributed by atoms with Crippen molar-refractivity contribution in [3.63, 3.8) is 0 Å². The predicted octanol–water partition coefficient (Wildman–Crippen LogP) is 0.509. The molecule has 1 aliphatic carbocycles. The van der Waals surface area contributed by atoms with E-state index in [0.717, 1.165) is 5.57 Å². The van der Waals surface area contributed by atoms with E-state index in [1.807, 2.05) is 19.1 Å². The molecule has 0 saturated carbocycles. The Morgan fingerprint density at radius 1 is 1.64 bits per heavy atom. The molecular weight excluding hydrogens is 180 g/mol. The van der Waals surface area contributed by atoms with Crippen LogP contribution in [-0.4, -0.2) is 11.8 Å². The van der Waals surface area contributed by atoms with Crippen molar-refractivity contribution in [1.82, 2.24) is 5.32 Å². The van der Waals surface area contributed by atoms with Crippen LogP contribution in [0.25, 0.3) is 0 Å². The fourth-order valence-corrected chi connectivity index (χ4v) is 2.11. The summed E-state index contributed by atoms with van der Waals surface area (Å²) in [7, 11) is 0. The van der Waals surface area contributed by atoms with Crippen LogP contribution >= 0.6 is 0 Å². The minimum Gasteiger partial charge on any atom is -0.295 e. The first kappa shape index (κ1) is 8.95. The van der Waals surface area contributed by atoms with Crippen LogP contribution in [0.15, 0.2) is 11.6 Å². The SMILES string of the molecule is CC1=CCC2(C#N)C(=O)NC(=O)C2C1. The Bertz CT molecular complexity index is 391. The average Bonchev–Trinajstić information content (AvgIpc) is 2.40. The molecule has 2 atom stereocenters. The van der Waals surface area contributed by atoms with Crippen molar-refractivity contribution in [2.75, 3.05) is 0 Å². The summed E-state index contributed by atoms with van der Waals surface area (Å²) in [5.74, 6) is -1.22. The second-order valence-electron chi connectivity index (χ2n) is 3.91. The van der Waals surface area contributed by atoms with Gasteiger partial charge in [-0.05, 0) is 19.8 Å². The summed E-state index contributed by atoms with van der Waals surface area (Å²) in [6, 6.07) is 2.00. The largest absolute Gasteiger partial charge is 0.295 e. The van der Waals surface area contributed by atoms with Crippen molar-refractivity contribution in [2.45, 2.75) is 19.8 Å². The summed E-state index contributed by atoms with van der Waals surface area (Å²) in [6.45, 7) is 1.91. The van der Waals surface area contributed by atoms with Crippen molar-refractivity contribution in [2.24, 2.45) is 11.3 Å². The van der Waals surface area contributed by atoms with Gasteiger partial charge in [0.2, 0.25) is 11.8 Å². The van der Waals surface area contributed by atoms with E-state index in [1.54, 1.807) is 0 Å². The van der Waals surface area contributed by atoms with Gasteiger partial charge in [0, 0.05) is 0 Å². The van der Waals surface area contributed by atoms with E-state index < -0.39 is 17.2 Å². The van der Waals surface area contributed by atoms with E-state index >= 15 is 0 Å². The molecule has 1 aliphatic heterocycles. The molecule has 4 nitrogen and oxygen atoms in total. The first-order valence-corrected chi connectivity index (χ1v) is 4.52. The monoisotopic (exact) mass is 190 g/mol. The lowest BCUT2D eigenvalue weighted by Crippen LogP contribution is -2.35. The van der Waals surface area contributed by atoms with Gasteiger partial charge < -0.3 is 0 Å². The number of allylic oxidation sites excluding steroid dienone is 2. The number of rotatable bonds is 0. The van der Waals surface area contributed by atoms with Crippen LogP contribution in [0.1, 0.15) is 19.8 Å². The summed E-state index contributed by atoms with van der Waals surface area (Å²) in [6.07, 6.45) is 2.75. The van der Waals surface area contributed by atoms with E-state index in [-0.39, 0.29) is 5.91 Å². The van der Waals surface area contributed by atoms with Crippen molar-refractivity contribution in [3.8, 4) is 6.07 Å². The van der Waals surface area contributed by atoms with E-state index in [4.69, 9.17) is 5.26 Å². The Labute approximate surface area is 81.6 Å². The fraction of sp³-hybridized carbons (Fsp3) is 0.500. The van der Waals surface area contributed by atoms with Crippen molar-refractivity contribution < 1.29 is 9.59 Å². The highest BCUT2D eigenvalue weighted by molar-refractivity contribution is 6.09. The average molecular weight is 190 g/mol. The maximum absolute atomic E-state index is 11.5. The second-order valence-corrected chi connectivity index (χ2v) is 3.91. The summed E-state index contributed by atoms with van der Waals surface area (Å²) < 4.78 is 0. The van der Waals surface area contributed by atoms with Crippen molar-refractivity contribution in [3.05, 3.63) is 11.6 Å². The molecule has 4 heteroatoms. The number of carbonyl (C=O) groups is 2. The lowest BCUT2D eigenvalue weighted by molar-refractivity contribution is -0.127. The van der Waals surface area contributed by atoms with Gasteiger partial charge in [-0.2, -0.15) is 5.26 Å². The highest BCUT2D eigenvalue weighted by Gasteiger charge is 2.56. The molecule has 1 N–H and O–H groups in total. The van der Waals surface area contributed by atoms with Crippen LogP contribution in [0.2, 0.25) is 0 Å². The molecule has 0 aromatic heterocycles. The number of imide groups is 1. The molecular formula is C10H10N2O2. The Hall–Kier alpha value is -1.63. The van der Waals surface area contributed by atoms with E-state index in [1.165, 1.54) is 0 Å². The highest BCUT2D eigenvalue weighted by atomic mass is 16.2. The standard InChI is InChI=1S/C10H10N2O2/c1-6-2-3-10(5-11)7(4-6)8(13)12-9(10)14/h2,7H,3-4H2,1H3,(H,12,13,14). The van der Waals surface area contributed by atoms with Crippen LogP contribution in [0.5, 0.6) is 0 Å². The molecule has 2 amide bonds. The number of fused-ring (bicyclic) bond motifs is 1. The number of hydrogen-bond donors (Lipinski definition) is 1. The summed E-state index contributed by atoms with van der Waals surface area (Å²) >= 11 is 0. The molecule has 2 rings (SSSR count). The van der Waals surface area contributed by atoms with Crippen LogP contribution in [0.4, 0.5) is 0 Å². The molecule has 14 heavy (non-hydrogen) atoms. The van der Waals surface area contributed by atoms with E-state index in [2.05, 4.69) is 5.32 Å². The molecule has 2 unspecified atom stereocenters. The zero-order valence-corrected chi connectivity index (χ0v) is 7.83. The smallest absolute Gasteiger partial charge is 0.248 e. The van der Waals surface area contributed by atoms with Crippen LogP contribution in [0.3, 0.4) is 0 Å². The molecule has 1 heterocycles. The molecule has 0 aromatic carbocycles. The molecule has 0 radical (unpaired) electrons. The van der Waals surface area contributed by atoms with E-state index in [9.17, 15) is 9.59 Å². The number of nitriles is 1. The fourth-order valence-electron chi connectivity index (χ4n) is 2.11. The molecule has 0 bridgehead atoms. The number of nitrogens with one attached hydrogen (secondary N) is 1. The van der Waals surface area contributed by atoms with Crippen LogP contribution < -0.4 is 5.32 Å². The Balaban J connectivity index is 2.48. The predicted molar refractivity (Wildman–Crippen MR) is 47.7 cm³/mol. The summed E-state index contributed by atoms with van der Waals surface area (Å²) in [4.78, 5) is 22.9. The number of hydrogen-bond acceptors (Lipinski definition) is 3. The lowest BCUT2D eigenvalue weighted by Gasteiger charge is -2.27. The van der Waals surface area contributed by atoms with Gasteiger partial charge in [0.15, 0.2) is 5.41 Å². The third-order valence-electron chi connectivity index (χ3n) is 3.05. The molecule has 1 fully saturated rings. The minimum absolute atomic E-state index is 0.302. The van der Waals surface area contributed by atoms with Gasteiger partial charge in [0.1, 0.15) is 0 Å². The van der Waals surface area contributed by atoms with Gasteiger partial charge in [-0.3, -0.25) is 14.9 Å². The van der Waals surface area contributed by atoms with Gasteiger partial charge in [-0.15, -0.1) is 0 Å². The maximum Gasteiger partial charge on any atom is 0.248 e. The third kappa shape index (κ3) is 0.925. The Morgan fingerprint density at radius 3 is 3.00 bits per heavy atom. The minimum atomic E-state index is -1.13. The quantitative estimate of drug-likeness (QED) is 0.447. The third-order valence-corrected chi connectivity index (χ3v) is 3.05. The Morgan fingerprint density at radius 2 is 2.36 bits per heavy atom. The second kappa shape index (κ2) is 2.68. The zero-order chi connectivity index (χ0) is 10.3. The topological polar surface area (TPSA) is 70.0 Å². The first-order valence-electron chi connectivity index (χ1n) is 4.52. The van der Waals surface area contributed by atoms with Gasteiger partial charge in [-0.1, -0.05) is 11.6 Å². The number of carbonyl (C=O) groups excluding carboxylic acids is 2. The molecule has 0 aromatic rings. The first-order chi connectivity index (χ1) is 6.60. The normalized spacial score (nSPS) is 35.7. The zero-order valence-electron chi connectivity index (χ0n) is 7.83.